The minimum absolute atomic E-state index is 0.0161. The molecule has 1 saturated heterocycles. The van der Waals surface area contributed by atoms with Crippen molar-refractivity contribution in [3.8, 4) is 16.9 Å². The van der Waals surface area contributed by atoms with E-state index in [2.05, 4.69) is 39.3 Å². The minimum atomic E-state index is -1.13. The van der Waals surface area contributed by atoms with Crippen LogP contribution in [0.5, 0.6) is 5.75 Å². The number of hydrogen-bond donors (Lipinski definition) is 3. The second-order valence-corrected chi connectivity index (χ2v) is 10.9. The SMILES string of the molecule is COC[C@H](Cc1ccc(O)cc1)NC(=O)c1cc(C(=O)O)c2cc(-c3cccc(CN4CCN(C)CC4)c3)ccc2n1. The summed E-state index contributed by atoms with van der Waals surface area (Å²) in [6.45, 7) is 5.30. The Balaban J connectivity index is 1.38. The highest BCUT2D eigenvalue weighted by molar-refractivity contribution is 6.06. The monoisotopic (exact) mass is 568 g/mol. The third kappa shape index (κ3) is 7.12. The molecule has 1 aliphatic rings. The number of carbonyl (C=O) groups excluding carboxylic acids is 1. The van der Waals surface area contributed by atoms with Crippen LogP contribution >= 0.6 is 0 Å². The van der Waals surface area contributed by atoms with E-state index in [-0.39, 0.29) is 29.7 Å². The molecule has 9 nitrogen and oxygen atoms in total. The Morgan fingerprint density at radius 3 is 2.40 bits per heavy atom. The molecule has 1 fully saturated rings. The number of fused-ring (bicyclic) bond motifs is 1. The van der Waals surface area contributed by atoms with Crippen LogP contribution in [0.3, 0.4) is 0 Å². The number of carboxylic acids is 1. The average Bonchev–Trinajstić information content (AvgIpc) is 2.99. The number of pyridine rings is 1. The normalized spacial score (nSPS) is 15.0. The predicted octanol–water partition coefficient (Wildman–Crippen LogP) is 4.04. The van der Waals surface area contributed by atoms with Crippen molar-refractivity contribution in [2.45, 2.75) is 19.0 Å². The number of rotatable bonds is 10. The van der Waals surface area contributed by atoms with E-state index >= 15 is 0 Å². The molecule has 5 rings (SSSR count). The number of likely N-dealkylation sites (N-methyl/N-ethyl adjacent to an activating group) is 1. The highest BCUT2D eigenvalue weighted by Gasteiger charge is 2.20. The summed E-state index contributed by atoms with van der Waals surface area (Å²) in [7, 11) is 3.69. The first-order valence-electron chi connectivity index (χ1n) is 14.0. The molecule has 0 bridgehead atoms. The number of aromatic carboxylic acids is 1. The maximum atomic E-state index is 13.2. The van der Waals surface area contributed by atoms with E-state index in [0.717, 1.165) is 49.4 Å². The van der Waals surface area contributed by atoms with Crippen molar-refractivity contribution in [1.82, 2.24) is 20.1 Å². The van der Waals surface area contributed by atoms with Gasteiger partial charge in [0.2, 0.25) is 0 Å². The molecule has 1 aromatic heterocycles. The van der Waals surface area contributed by atoms with Crippen molar-refractivity contribution in [3.05, 3.63) is 95.2 Å². The minimum Gasteiger partial charge on any atom is -0.508 e. The molecule has 9 heteroatoms. The highest BCUT2D eigenvalue weighted by atomic mass is 16.5. The first-order valence-corrected chi connectivity index (χ1v) is 14.0. The van der Waals surface area contributed by atoms with Gasteiger partial charge in [0.1, 0.15) is 11.4 Å². The van der Waals surface area contributed by atoms with Gasteiger partial charge in [0.05, 0.1) is 23.7 Å². The molecule has 4 aromatic rings. The van der Waals surface area contributed by atoms with Crippen molar-refractivity contribution in [2.24, 2.45) is 0 Å². The van der Waals surface area contributed by atoms with Gasteiger partial charge in [-0.2, -0.15) is 0 Å². The van der Waals surface area contributed by atoms with Crippen LogP contribution in [0.2, 0.25) is 0 Å². The number of hydrogen-bond acceptors (Lipinski definition) is 7. The van der Waals surface area contributed by atoms with Crippen molar-refractivity contribution in [1.29, 1.82) is 0 Å². The number of benzene rings is 3. The second-order valence-electron chi connectivity index (χ2n) is 10.9. The van der Waals surface area contributed by atoms with Crippen molar-refractivity contribution in [3.63, 3.8) is 0 Å². The molecule has 1 amide bonds. The van der Waals surface area contributed by atoms with Crippen LogP contribution < -0.4 is 5.32 Å². The molecule has 0 spiro atoms. The number of carboxylic acid groups (broad SMARTS) is 1. The molecular weight excluding hydrogens is 532 g/mol. The highest BCUT2D eigenvalue weighted by Crippen LogP contribution is 2.28. The van der Waals surface area contributed by atoms with E-state index in [0.29, 0.717) is 17.3 Å². The first kappa shape index (κ1) is 29.2. The number of phenols is 1. The van der Waals surface area contributed by atoms with Crippen molar-refractivity contribution >= 4 is 22.8 Å². The van der Waals surface area contributed by atoms with E-state index in [1.165, 1.54) is 11.6 Å². The fourth-order valence-corrected chi connectivity index (χ4v) is 5.34. The van der Waals surface area contributed by atoms with Crippen LogP contribution in [0.15, 0.2) is 72.8 Å². The second kappa shape index (κ2) is 13.1. The number of ether oxygens (including phenoxy) is 1. The van der Waals surface area contributed by atoms with E-state index in [9.17, 15) is 19.8 Å². The van der Waals surface area contributed by atoms with Crippen LogP contribution in [0.25, 0.3) is 22.0 Å². The van der Waals surface area contributed by atoms with Crippen LogP contribution in [0, 0.1) is 0 Å². The quantitative estimate of drug-likeness (QED) is 0.263. The number of carbonyl (C=O) groups is 2. The topological polar surface area (TPSA) is 115 Å². The molecule has 0 saturated carbocycles. The Morgan fingerprint density at radius 2 is 1.69 bits per heavy atom. The number of aromatic nitrogens is 1. The molecule has 3 N–H and O–H groups in total. The van der Waals surface area contributed by atoms with Gasteiger partial charge in [0, 0.05) is 45.2 Å². The predicted molar refractivity (Wildman–Crippen MR) is 162 cm³/mol. The summed E-state index contributed by atoms with van der Waals surface area (Å²) in [5.41, 5.74) is 4.47. The van der Waals surface area contributed by atoms with Gasteiger partial charge in [-0.15, -0.1) is 0 Å². The summed E-state index contributed by atoms with van der Waals surface area (Å²) in [4.78, 5) is 34.9. The molecule has 42 heavy (non-hydrogen) atoms. The summed E-state index contributed by atoms with van der Waals surface area (Å²) in [5, 5.41) is 23.0. The molecule has 0 aliphatic carbocycles. The number of amides is 1. The molecule has 3 aromatic carbocycles. The molecule has 2 heterocycles. The summed E-state index contributed by atoms with van der Waals surface area (Å²) >= 11 is 0. The van der Waals surface area contributed by atoms with Gasteiger partial charge in [-0.3, -0.25) is 9.69 Å². The summed E-state index contributed by atoms with van der Waals surface area (Å²) in [6, 6.07) is 21.5. The Hall–Kier alpha value is -4.31. The summed E-state index contributed by atoms with van der Waals surface area (Å²) in [5.74, 6) is -1.45. The van der Waals surface area contributed by atoms with E-state index in [1.54, 1.807) is 37.4 Å². The van der Waals surface area contributed by atoms with Crippen molar-refractivity contribution < 1.29 is 24.5 Å². The van der Waals surface area contributed by atoms with Crippen LogP contribution in [0.1, 0.15) is 32.0 Å². The summed E-state index contributed by atoms with van der Waals surface area (Å²) < 4.78 is 5.30. The molecule has 1 atom stereocenters. The van der Waals surface area contributed by atoms with E-state index < -0.39 is 11.9 Å². The maximum Gasteiger partial charge on any atom is 0.336 e. The van der Waals surface area contributed by atoms with Gasteiger partial charge in [-0.25, -0.2) is 9.78 Å². The Labute approximate surface area is 245 Å². The maximum absolute atomic E-state index is 13.2. The Morgan fingerprint density at radius 1 is 0.952 bits per heavy atom. The molecule has 0 radical (unpaired) electrons. The fraction of sp³-hybridized carbons (Fsp3) is 0.303. The van der Waals surface area contributed by atoms with Gasteiger partial charge in [0.25, 0.3) is 5.91 Å². The van der Waals surface area contributed by atoms with Crippen molar-refractivity contribution in [2.75, 3.05) is 46.9 Å². The summed E-state index contributed by atoms with van der Waals surface area (Å²) in [6.07, 6.45) is 0.469. The van der Waals surface area contributed by atoms with Gasteiger partial charge in [-0.1, -0.05) is 36.4 Å². The standard InChI is InChI=1S/C33H36N4O5/c1-36-12-14-37(15-13-36)20-23-4-3-5-24(16-23)25-8-11-30-28(18-25)29(33(40)41)19-31(35-30)32(39)34-26(21-42-2)17-22-6-9-27(38)10-7-22/h3-11,16,18-19,26,38H,12-15,17,20-21H2,1-2H3,(H,34,39)(H,40,41)/t26-/m0/s1. The van der Waals surface area contributed by atoms with Crippen LogP contribution in [-0.4, -0.2) is 89.9 Å². The third-order valence-electron chi connectivity index (χ3n) is 7.66. The number of phenolic OH excluding ortho intramolecular Hbond substituents is 1. The largest absolute Gasteiger partial charge is 0.508 e. The molecule has 1 aliphatic heterocycles. The molecular formula is C33H36N4O5. The van der Waals surface area contributed by atoms with Gasteiger partial charge >= 0.3 is 5.97 Å². The lowest BCUT2D eigenvalue weighted by Crippen LogP contribution is -2.43. The van der Waals surface area contributed by atoms with Crippen LogP contribution in [0.4, 0.5) is 0 Å². The van der Waals surface area contributed by atoms with E-state index in [1.807, 2.05) is 24.3 Å². The zero-order valence-corrected chi connectivity index (χ0v) is 23.9. The van der Waals surface area contributed by atoms with Gasteiger partial charge in [0.15, 0.2) is 0 Å². The number of nitrogens with zero attached hydrogens (tertiary/aromatic N) is 3. The number of aromatic hydroxyl groups is 1. The number of piperazine rings is 1. The zero-order chi connectivity index (χ0) is 29.6. The lowest BCUT2D eigenvalue weighted by Gasteiger charge is -2.32. The number of methoxy groups -OCH3 is 1. The first-order chi connectivity index (χ1) is 20.3. The lowest BCUT2D eigenvalue weighted by atomic mass is 9.98. The molecule has 0 unspecified atom stereocenters. The number of nitrogens with one attached hydrogen (secondary N) is 1. The van der Waals surface area contributed by atoms with Crippen LogP contribution in [-0.2, 0) is 17.7 Å². The Kier molecular flexibility index (Phi) is 9.12. The fourth-order valence-electron chi connectivity index (χ4n) is 5.34. The average molecular weight is 569 g/mol. The smallest absolute Gasteiger partial charge is 0.336 e. The lowest BCUT2D eigenvalue weighted by molar-refractivity contribution is 0.0699. The van der Waals surface area contributed by atoms with Gasteiger partial charge < -0.3 is 25.2 Å². The van der Waals surface area contributed by atoms with E-state index in [4.69, 9.17) is 4.74 Å². The van der Waals surface area contributed by atoms with Gasteiger partial charge in [-0.05, 0) is 72.1 Å². The zero-order valence-electron chi connectivity index (χ0n) is 23.9. The Bertz CT molecular complexity index is 1570. The molecule has 218 valence electrons. The third-order valence-corrected chi connectivity index (χ3v) is 7.66.